The maximum absolute atomic E-state index is 13.5. The van der Waals surface area contributed by atoms with Gasteiger partial charge in [0, 0.05) is 32.2 Å². The van der Waals surface area contributed by atoms with E-state index in [1.807, 2.05) is 24.3 Å². The summed E-state index contributed by atoms with van der Waals surface area (Å²) in [7, 11) is 1.65. The molecule has 1 amide bonds. The molecule has 0 radical (unpaired) electrons. The second kappa shape index (κ2) is 11.3. The van der Waals surface area contributed by atoms with Gasteiger partial charge in [0.05, 0.1) is 33.2 Å². The van der Waals surface area contributed by atoms with E-state index < -0.39 is 0 Å². The first kappa shape index (κ1) is 24.7. The van der Waals surface area contributed by atoms with Crippen molar-refractivity contribution in [2.75, 3.05) is 53.0 Å². The molecule has 1 unspecified atom stereocenters. The van der Waals surface area contributed by atoms with Gasteiger partial charge in [-0.3, -0.25) is 15.0 Å². The van der Waals surface area contributed by atoms with Gasteiger partial charge >= 0.3 is 0 Å². The number of ether oxygens (including phenoxy) is 1. The monoisotopic (exact) mass is 466 g/mol. The van der Waals surface area contributed by atoms with Crippen molar-refractivity contribution >= 4 is 5.91 Å². The summed E-state index contributed by atoms with van der Waals surface area (Å²) in [5, 5.41) is 15.8. The van der Waals surface area contributed by atoms with Gasteiger partial charge in [-0.2, -0.15) is 0 Å². The first-order valence-corrected chi connectivity index (χ1v) is 12.4. The van der Waals surface area contributed by atoms with E-state index in [1.165, 1.54) is 5.56 Å². The van der Waals surface area contributed by atoms with Crippen LogP contribution in [-0.2, 0) is 17.8 Å². The van der Waals surface area contributed by atoms with Gasteiger partial charge < -0.3 is 19.5 Å². The predicted molar refractivity (Wildman–Crippen MR) is 134 cm³/mol. The average molecular weight is 467 g/mol. The molecule has 2 saturated heterocycles. The first-order chi connectivity index (χ1) is 16.4. The third-order valence-electron chi connectivity index (χ3n) is 7.23. The number of carbonyl (C=O) groups excluding carboxylic acids is 1. The lowest BCUT2D eigenvalue weighted by Crippen LogP contribution is -2.51. The summed E-state index contributed by atoms with van der Waals surface area (Å²) < 4.78 is 5.12. The molecule has 7 nitrogen and oxygen atoms in total. The van der Waals surface area contributed by atoms with Crippen LogP contribution >= 0.6 is 0 Å². The summed E-state index contributed by atoms with van der Waals surface area (Å²) in [6.45, 7) is 8.05. The van der Waals surface area contributed by atoms with Gasteiger partial charge in [-0.1, -0.05) is 42.0 Å². The van der Waals surface area contributed by atoms with Crippen LogP contribution < -0.4 is 10.1 Å². The minimum absolute atomic E-state index is 0.125. The van der Waals surface area contributed by atoms with Gasteiger partial charge in [0.15, 0.2) is 0 Å². The largest absolute Gasteiger partial charge is 0.632 e. The molecule has 1 N–H and O–H groups in total. The molecule has 0 aromatic heterocycles. The number of methoxy groups -OCH3 is 1. The van der Waals surface area contributed by atoms with Crippen LogP contribution in [0.15, 0.2) is 48.5 Å². The topological polar surface area (TPSA) is 67.9 Å². The Hall–Kier alpha value is -2.45. The van der Waals surface area contributed by atoms with Crippen molar-refractivity contribution in [3.8, 4) is 5.75 Å². The number of carbonyl (C=O) groups is 1. The lowest BCUT2D eigenvalue weighted by atomic mass is 10.0. The SMILES string of the molecule is COc1ccc(CC(=O)N(Cc2ccc(C)cc2)C2CCN(CC[N+]3([O-])CCNC3)CC2)cc1. The molecule has 4 rings (SSSR count). The Morgan fingerprint density at radius 2 is 1.79 bits per heavy atom. The molecule has 0 saturated carbocycles. The summed E-state index contributed by atoms with van der Waals surface area (Å²) in [6.07, 6.45) is 2.27. The number of nitrogens with one attached hydrogen (secondary N) is 1. The van der Waals surface area contributed by atoms with Gasteiger partial charge in [-0.15, -0.1) is 0 Å². The highest BCUT2D eigenvalue weighted by molar-refractivity contribution is 5.79. The molecule has 184 valence electrons. The number of aryl methyl sites for hydroxylation is 1. The van der Waals surface area contributed by atoms with E-state index >= 15 is 0 Å². The van der Waals surface area contributed by atoms with E-state index in [0.717, 1.165) is 55.9 Å². The standard InChI is InChI=1S/C27H38N4O3/c1-22-3-5-24(6-4-22)20-30(27(32)19-23-7-9-26(34-2)10-8-23)25-11-14-29(15-12-25)16-18-31(33)17-13-28-21-31/h3-10,25,28H,11-21H2,1-2H3. The fraction of sp³-hybridized carbons (Fsp3) is 0.519. The maximum atomic E-state index is 13.5. The van der Waals surface area contributed by atoms with Gasteiger partial charge in [0.2, 0.25) is 5.91 Å². The Morgan fingerprint density at radius 3 is 2.41 bits per heavy atom. The lowest BCUT2D eigenvalue weighted by Gasteiger charge is -2.42. The number of amides is 1. The van der Waals surface area contributed by atoms with E-state index in [2.05, 4.69) is 46.3 Å². The lowest BCUT2D eigenvalue weighted by molar-refractivity contribution is -0.868. The molecule has 2 aromatic carbocycles. The average Bonchev–Trinajstić information content (AvgIpc) is 3.30. The van der Waals surface area contributed by atoms with E-state index in [4.69, 9.17) is 4.74 Å². The Bertz CT molecular complexity index is 918. The molecule has 2 heterocycles. The number of hydrogen-bond donors (Lipinski definition) is 1. The van der Waals surface area contributed by atoms with Crippen LogP contribution in [0.5, 0.6) is 5.75 Å². The minimum atomic E-state index is -0.125. The molecule has 0 aliphatic carbocycles. The highest BCUT2D eigenvalue weighted by atomic mass is 16.5. The van der Waals surface area contributed by atoms with E-state index in [1.54, 1.807) is 7.11 Å². The summed E-state index contributed by atoms with van der Waals surface area (Å²) in [6, 6.07) is 16.4. The van der Waals surface area contributed by atoms with Crippen molar-refractivity contribution in [1.29, 1.82) is 0 Å². The highest BCUT2D eigenvalue weighted by Gasteiger charge is 2.29. The van der Waals surface area contributed by atoms with Crippen molar-refractivity contribution in [2.45, 2.75) is 38.8 Å². The Balaban J connectivity index is 1.39. The summed E-state index contributed by atoms with van der Waals surface area (Å²) in [4.78, 5) is 18.0. The molecular formula is C27H38N4O3. The smallest absolute Gasteiger partial charge is 0.227 e. The quantitative estimate of drug-likeness (QED) is 0.455. The molecule has 34 heavy (non-hydrogen) atoms. The number of piperidine rings is 1. The molecule has 2 aliphatic heterocycles. The predicted octanol–water partition coefficient (Wildman–Crippen LogP) is 2.91. The number of likely N-dealkylation sites (tertiary alicyclic amines) is 1. The number of rotatable bonds is 9. The number of nitrogens with zero attached hydrogens (tertiary/aromatic N) is 3. The van der Waals surface area contributed by atoms with Crippen LogP contribution in [0, 0.1) is 12.1 Å². The number of hydrogen-bond acceptors (Lipinski definition) is 5. The number of quaternary nitrogens is 1. The van der Waals surface area contributed by atoms with Crippen LogP contribution in [0.1, 0.15) is 29.5 Å². The fourth-order valence-corrected chi connectivity index (χ4v) is 4.94. The Labute approximate surface area is 203 Å². The minimum Gasteiger partial charge on any atom is -0.632 e. The molecule has 0 spiro atoms. The molecule has 1 atom stereocenters. The van der Waals surface area contributed by atoms with Crippen molar-refractivity contribution in [2.24, 2.45) is 0 Å². The molecule has 0 bridgehead atoms. The molecule has 2 fully saturated rings. The van der Waals surface area contributed by atoms with Crippen molar-refractivity contribution in [3.05, 3.63) is 70.4 Å². The second-order valence-electron chi connectivity index (χ2n) is 9.77. The third kappa shape index (κ3) is 6.57. The van der Waals surface area contributed by atoms with Crippen LogP contribution in [0.25, 0.3) is 0 Å². The van der Waals surface area contributed by atoms with Crippen molar-refractivity contribution in [1.82, 2.24) is 15.1 Å². The van der Waals surface area contributed by atoms with Crippen LogP contribution in [0.3, 0.4) is 0 Å². The summed E-state index contributed by atoms with van der Waals surface area (Å²) >= 11 is 0. The molecule has 7 heteroatoms. The van der Waals surface area contributed by atoms with Gasteiger partial charge in [-0.05, 0) is 43.0 Å². The Kier molecular flexibility index (Phi) is 8.21. The molecule has 2 aromatic rings. The highest BCUT2D eigenvalue weighted by Crippen LogP contribution is 2.22. The normalized spacial score (nSPS) is 21.5. The van der Waals surface area contributed by atoms with Crippen LogP contribution in [-0.4, -0.2) is 79.4 Å². The van der Waals surface area contributed by atoms with E-state index in [9.17, 15) is 10.0 Å². The fourth-order valence-electron chi connectivity index (χ4n) is 4.94. The van der Waals surface area contributed by atoms with Gasteiger partial charge in [-0.25, -0.2) is 0 Å². The van der Waals surface area contributed by atoms with Crippen LogP contribution in [0.2, 0.25) is 0 Å². The first-order valence-electron chi connectivity index (χ1n) is 12.4. The summed E-state index contributed by atoms with van der Waals surface area (Å²) in [5.41, 5.74) is 3.39. The Morgan fingerprint density at radius 1 is 1.12 bits per heavy atom. The van der Waals surface area contributed by atoms with E-state index in [0.29, 0.717) is 32.7 Å². The second-order valence-corrected chi connectivity index (χ2v) is 9.77. The van der Waals surface area contributed by atoms with Crippen molar-refractivity contribution < 1.29 is 14.2 Å². The van der Waals surface area contributed by atoms with Crippen LogP contribution in [0.4, 0.5) is 0 Å². The molecular weight excluding hydrogens is 428 g/mol. The zero-order chi connectivity index (χ0) is 24.0. The molecule has 2 aliphatic rings. The third-order valence-corrected chi connectivity index (χ3v) is 7.23. The summed E-state index contributed by atoms with van der Waals surface area (Å²) in [5.74, 6) is 0.961. The zero-order valence-electron chi connectivity index (χ0n) is 20.5. The maximum Gasteiger partial charge on any atom is 0.227 e. The zero-order valence-corrected chi connectivity index (χ0v) is 20.5. The van der Waals surface area contributed by atoms with Gasteiger partial charge in [0.25, 0.3) is 0 Å². The van der Waals surface area contributed by atoms with Gasteiger partial charge in [0.1, 0.15) is 12.4 Å². The van der Waals surface area contributed by atoms with Crippen molar-refractivity contribution in [3.63, 3.8) is 0 Å². The van der Waals surface area contributed by atoms with E-state index in [-0.39, 0.29) is 16.6 Å². The number of hydroxylamine groups is 3. The number of benzene rings is 2.